The van der Waals surface area contributed by atoms with Gasteiger partial charge >= 0.3 is 5.97 Å². The maximum absolute atomic E-state index is 12.4. The summed E-state index contributed by atoms with van der Waals surface area (Å²) in [5, 5.41) is 8.94. The zero-order chi connectivity index (χ0) is 20.9. The van der Waals surface area contributed by atoms with Crippen molar-refractivity contribution in [2.45, 2.75) is 18.8 Å². The van der Waals surface area contributed by atoms with E-state index in [2.05, 4.69) is 25.1 Å². The molecule has 0 radical (unpaired) electrons. The quantitative estimate of drug-likeness (QED) is 0.603. The topological polar surface area (TPSA) is 97.6 Å². The summed E-state index contributed by atoms with van der Waals surface area (Å²) in [6.45, 7) is 1.89. The molecule has 0 saturated carbocycles. The Balaban J connectivity index is 1.25. The Morgan fingerprint density at radius 2 is 2.00 bits per heavy atom. The van der Waals surface area contributed by atoms with Crippen LogP contribution in [0, 0.1) is 0 Å². The first-order valence-corrected chi connectivity index (χ1v) is 10.6. The molecule has 4 rings (SSSR count). The number of carbonyl (C=O) groups excluding carboxylic acids is 2. The first-order chi connectivity index (χ1) is 14.6. The smallest absolute Gasteiger partial charge is 0.337 e. The van der Waals surface area contributed by atoms with E-state index >= 15 is 0 Å². The molecular weight excluding hydrogens is 404 g/mol. The van der Waals surface area contributed by atoms with Crippen molar-refractivity contribution in [3.8, 4) is 10.7 Å². The average Bonchev–Trinajstić information content (AvgIpc) is 3.46. The second-order valence-electron chi connectivity index (χ2n) is 7.10. The van der Waals surface area contributed by atoms with Crippen LogP contribution in [0.3, 0.4) is 0 Å². The van der Waals surface area contributed by atoms with Gasteiger partial charge < -0.3 is 14.6 Å². The molecule has 1 N–H and O–H groups in total. The minimum absolute atomic E-state index is 0.0861. The lowest BCUT2D eigenvalue weighted by molar-refractivity contribution is -0.117. The predicted molar refractivity (Wildman–Crippen MR) is 112 cm³/mol. The molecule has 1 aromatic carbocycles. The third-order valence-corrected chi connectivity index (χ3v) is 5.94. The normalized spacial score (nSPS) is 15.1. The number of piperidine rings is 1. The SMILES string of the molecule is COC(=O)c1ccc(NC(=O)CN2CCC(c3nc(-c4cccs4)no3)CC2)cc1. The molecule has 30 heavy (non-hydrogen) atoms. The minimum atomic E-state index is -0.403. The number of nitrogens with one attached hydrogen (secondary N) is 1. The maximum atomic E-state index is 12.4. The van der Waals surface area contributed by atoms with E-state index in [-0.39, 0.29) is 11.8 Å². The van der Waals surface area contributed by atoms with Crippen LogP contribution < -0.4 is 5.32 Å². The van der Waals surface area contributed by atoms with Crippen LogP contribution >= 0.6 is 11.3 Å². The van der Waals surface area contributed by atoms with Crippen LogP contribution in [-0.2, 0) is 9.53 Å². The average molecular weight is 426 g/mol. The largest absolute Gasteiger partial charge is 0.465 e. The van der Waals surface area contributed by atoms with Crippen molar-refractivity contribution in [3.63, 3.8) is 0 Å². The zero-order valence-electron chi connectivity index (χ0n) is 16.5. The van der Waals surface area contributed by atoms with Gasteiger partial charge in [0.1, 0.15) is 0 Å². The summed E-state index contributed by atoms with van der Waals surface area (Å²) in [6.07, 6.45) is 1.74. The van der Waals surface area contributed by atoms with E-state index < -0.39 is 5.97 Å². The monoisotopic (exact) mass is 426 g/mol. The number of hydrogen-bond donors (Lipinski definition) is 1. The number of ether oxygens (including phenoxy) is 1. The van der Waals surface area contributed by atoms with Gasteiger partial charge in [-0.15, -0.1) is 11.3 Å². The highest BCUT2D eigenvalue weighted by molar-refractivity contribution is 7.13. The van der Waals surface area contributed by atoms with Crippen LogP contribution in [0.2, 0.25) is 0 Å². The van der Waals surface area contributed by atoms with Gasteiger partial charge in [0, 0.05) is 11.6 Å². The van der Waals surface area contributed by atoms with E-state index in [1.54, 1.807) is 35.6 Å². The number of thiophene rings is 1. The molecule has 3 aromatic rings. The number of methoxy groups -OCH3 is 1. The first kappa shape index (κ1) is 20.2. The van der Waals surface area contributed by atoms with Gasteiger partial charge in [0.25, 0.3) is 0 Å². The third kappa shape index (κ3) is 4.74. The number of anilines is 1. The van der Waals surface area contributed by atoms with Crippen molar-refractivity contribution in [1.82, 2.24) is 15.0 Å². The van der Waals surface area contributed by atoms with Gasteiger partial charge in [0.05, 0.1) is 24.1 Å². The summed E-state index contributed by atoms with van der Waals surface area (Å²) < 4.78 is 10.1. The number of benzene rings is 1. The van der Waals surface area contributed by atoms with E-state index in [9.17, 15) is 9.59 Å². The molecule has 9 heteroatoms. The standard InChI is InChI=1S/C21H22N4O4S/c1-28-21(27)15-4-6-16(7-5-15)22-18(26)13-25-10-8-14(9-11-25)20-23-19(24-29-20)17-3-2-12-30-17/h2-7,12,14H,8-11,13H2,1H3,(H,22,26). The molecule has 0 spiro atoms. The molecule has 0 atom stereocenters. The number of nitrogens with zero attached hydrogens (tertiary/aromatic N) is 3. The molecule has 8 nitrogen and oxygen atoms in total. The highest BCUT2D eigenvalue weighted by Crippen LogP contribution is 2.29. The molecule has 156 valence electrons. The Hall–Kier alpha value is -3.04. The Kier molecular flexibility index (Phi) is 6.20. The van der Waals surface area contributed by atoms with Gasteiger partial charge in [-0.05, 0) is 61.6 Å². The van der Waals surface area contributed by atoms with Crippen LogP contribution in [0.25, 0.3) is 10.7 Å². The van der Waals surface area contributed by atoms with Crippen LogP contribution in [0.1, 0.15) is 35.0 Å². The summed E-state index contributed by atoms with van der Waals surface area (Å²) in [4.78, 5) is 31.5. The number of esters is 1. The fourth-order valence-electron chi connectivity index (χ4n) is 3.46. The Bertz CT molecular complexity index is 992. The predicted octanol–water partition coefficient (Wildman–Crippen LogP) is 3.40. The second-order valence-corrected chi connectivity index (χ2v) is 8.05. The van der Waals surface area contributed by atoms with Crippen LogP contribution in [0.15, 0.2) is 46.3 Å². The molecule has 1 saturated heterocycles. The molecule has 0 unspecified atom stereocenters. The molecule has 3 heterocycles. The van der Waals surface area contributed by atoms with Crippen LogP contribution in [-0.4, -0.2) is 53.7 Å². The molecule has 1 aliphatic rings. The summed E-state index contributed by atoms with van der Waals surface area (Å²) in [7, 11) is 1.34. The number of carbonyl (C=O) groups is 2. The minimum Gasteiger partial charge on any atom is -0.465 e. The lowest BCUT2D eigenvalue weighted by atomic mass is 9.97. The highest BCUT2D eigenvalue weighted by Gasteiger charge is 2.26. The van der Waals surface area contributed by atoms with Gasteiger partial charge in [-0.1, -0.05) is 11.2 Å². The fourth-order valence-corrected chi connectivity index (χ4v) is 4.11. The van der Waals surface area contributed by atoms with Gasteiger partial charge in [-0.3, -0.25) is 9.69 Å². The van der Waals surface area contributed by atoms with E-state index in [1.165, 1.54) is 7.11 Å². The van der Waals surface area contributed by atoms with Crippen molar-refractivity contribution in [1.29, 1.82) is 0 Å². The second kappa shape index (κ2) is 9.19. The van der Waals surface area contributed by atoms with Gasteiger partial charge in [-0.2, -0.15) is 4.98 Å². The number of rotatable bonds is 6. The summed E-state index contributed by atoms with van der Waals surface area (Å²) in [5.74, 6) is 1.04. The molecule has 0 bridgehead atoms. The van der Waals surface area contributed by atoms with Gasteiger partial charge in [-0.25, -0.2) is 4.79 Å². The molecule has 1 aliphatic heterocycles. The van der Waals surface area contributed by atoms with Gasteiger partial charge in [0.15, 0.2) is 0 Å². The van der Waals surface area contributed by atoms with Crippen LogP contribution in [0.5, 0.6) is 0 Å². The maximum Gasteiger partial charge on any atom is 0.337 e. The van der Waals surface area contributed by atoms with Crippen molar-refractivity contribution < 1.29 is 18.8 Å². The van der Waals surface area contributed by atoms with E-state index in [4.69, 9.17) is 4.52 Å². The van der Waals surface area contributed by atoms with E-state index in [0.29, 0.717) is 29.5 Å². The summed E-state index contributed by atoms with van der Waals surface area (Å²) in [5.41, 5.74) is 1.09. The number of hydrogen-bond acceptors (Lipinski definition) is 8. The number of amides is 1. The number of likely N-dealkylation sites (tertiary alicyclic amines) is 1. The number of aromatic nitrogens is 2. The Labute approximate surface area is 177 Å². The summed E-state index contributed by atoms with van der Waals surface area (Å²) >= 11 is 1.59. The highest BCUT2D eigenvalue weighted by atomic mass is 32.1. The molecule has 2 aromatic heterocycles. The molecule has 1 amide bonds. The zero-order valence-corrected chi connectivity index (χ0v) is 17.4. The third-order valence-electron chi connectivity index (χ3n) is 5.08. The molecular formula is C21H22N4O4S. The van der Waals surface area contributed by atoms with Crippen molar-refractivity contribution in [2.75, 3.05) is 32.1 Å². The van der Waals surface area contributed by atoms with E-state index in [0.717, 1.165) is 30.8 Å². The fraction of sp³-hybridized carbons (Fsp3) is 0.333. The van der Waals surface area contributed by atoms with E-state index in [1.807, 2.05) is 17.5 Å². The van der Waals surface area contributed by atoms with Gasteiger partial charge in [0.2, 0.25) is 17.6 Å². The summed E-state index contributed by atoms with van der Waals surface area (Å²) in [6, 6.07) is 10.6. The van der Waals surface area contributed by atoms with Crippen molar-refractivity contribution >= 4 is 28.9 Å². The van der Waals surface area contributed by atoms with Crippen molar-refractivity contribution in [2.24, 2.45) is 0 Å². The Morgan fingerprint density at radius 3 is 2.67 bits per heavy atom. The first-order valence-electron chi connectivity index (χ1n) is 9.70. The van der Waals surface area contributed by atoms with Crippen LogP contribution in [0.4, 0.5) is 5.69 Å². The Morgan fingerprint density at radius 1 is 1.23 bits per heavy atom. The lowest BCUT2D eigenvalue weighted by Crippen LogP contribution is -2.38. The molecule has 1 fully saturated rings. The molecule has 0 aliphatic carbocycles. The lowest BCUT2D eigenvalue weighted by Gasteiger charge is -2.29. The van der Waals surface area contributed by atoms with Crippen molar-refractivity contribution in [3.05, 3.63) is 53.2 Å².